The minimum absolute atomic E-state index is 0.316. The monoisotopic (exact) mass is 215 g/mol. The van der Waals surface area contributed by atoms with Gasteiger partial charge in [0.05, 0.1) is 19.0 Å². The highest BCUT2D eigenvalue weighted by Crippen LogP contribution is 2.29. The second kappa shape index (κ2) is 4.26. The molecule has 84 valence electrons. The molecule has 1 aliphatic heterocycles. The zero-order valence-corrected chi connectivity index (χ0v) is 9.32. The largest absolute Gasteiger partial charge is 0.359 e. The number of hydrogen-bond acceptors (Lipinski definition) is 3. The van der Waals surface area contributed by atoms with E-state index in [0.717, 1.165) is 6.54 Å². The van der Waals surface area contributed by atoms with E-state index in [-0.39, 0.29) is 0 Å². The average Bonchev–Trinajstić information content (AvgIpc) is 2.82. The Morgan fingerprint density at radius 3 is 3.12 bits per heavy atom. The third-order valence-electron chi connectivity index (χ3n) is 3.43. The van der Waals surface area contributed by atoms with Gasteiger partial charge in [0.25, 0.3) is 0 Å². The van der Waals surface area contributed by atoms with Crippen molar-refractivity contribution in [3.8, 4) is 0 Å². The molecule has 3 rings (SSSR count). The Bertz CT molecular complexity index is 392. The van der Waals surface area contributed by atoms with Gasteiger partial charge in [0.15, 0.2) is 0 Å². The quantitative estimate of drug-likeness (QED) is 0.786. The smallest absolute Gasteiger partial charge is 0.0981 e. The van der Waals surface area contributed by atoms with E-state index in [4.69, 9.17) is 0 Å². The van der Waals surface area contributed by atoms with Crippen LogP contribution >= 0.6 is 0 Å². The van der Waals surface area contributed by atoms with Gasteiger partial charge in [-0.25, -0.2) is 0 Å². The van der Waals surface area contributed by atoms with E-state index in [1.165, 1.54) is 30.4 Å². The minimum Gasteiger partial charge on any atom is -0.359 e. The Morgan fingerprint density at radius 2 is 2.25 bits per heavy atom. The lowest BCUT2D eigenvalue weighted by molar-refractivity contribution is 0.394. The molecule has 0 aromatic heterocycles. The van der Waals surface area contributed by atoms with Gasteiger partial charge in [-0.2, -0.15) is 0 Å². The van der Waals surface area contributed by atoms with Crippen molar-refractivity contribution in [3.05, 3.63) is 35.4 Å². The van der Waals surface area contributed by atoms with Gasteiger partial charge in [0.2, 0.25) is 0 Å². The lowest BCUT2D eigenvalue weighted by atomic mass is 9.87. The zero-order valence-electron chi connectivity index (χ0n) is 9.32. The van der Waals surface area contributed by atoms with E-state index in [1.54, 1.807) is 6.34 Å². The second-order valence-corrected chi connectivity index (χ2v) is 4.52. The van der Waals surface area contributed by atoms with Crippen LogP contribution in [0.2, 0.25) is 0 Å². The van der Waals surface area contributed by atoms with Crippen LogP contribution in [0.4, 0.5) is 0 Å². The van der Waals surface area contributed by atoms with Crippen LogP contribution in [0.5, 0.6) is 0 Å². The van der Waals surface area contributed by atoms with Crippen molar-refractivity contribution in [3.63, 3.8) is 0 Å². The van der Waals surface area contributed by atoms with E-state index < -0.39 is 0 Å². The highest BCUT2D eigenvalue weighted by molar-refractivity contribution is 5.57. The molecule has 0 saturated carbocycles. The van der Waals surface area contributed by atoms with Gasteiger partial charge < -0.3 is 5.32 Å². The SMILES string of the molecule is C1=NCC(NC2CCCc3ccccc32)N1. The molecule has 0 bridgehead atoms. The van der Waals surface area contributed by atoms with E-state index in [9.17, 15) is 0 Å². The van der Waals surface area contributed by atoms with Gasteiger partial charge in [0.1, 0.15) is 0 Å². The summed E-state index contributed by atoms with van der Waals surface area (Å²) in [5, 5.41) is 6.87. The molecule has 1 heterocycles. The molecule has 2 atom stereocenters. The van der Waals surface area contributed by atoms with Crippen molar-refractivity contribution in [2.24, 2.45) is 4.99 Å². The summed E-state index contributed by atoms with van der Waals surface area (Å²) in [5.41, 5.74) is 2.98. The van der Waals surface area contributed by atoms with E-state index in [2.05, 4.69) is 39.9 Å². The van der Waals surface area contributed by atoms with Crippen LogP contribution in [0.3, 0.4) is 0 Å². The van der Waals surface area contributed by atoms with E-state index >= 15 is 0 Å². The molecule has 2 aliphatic rings. The first-order valence-corrected chi connectivity index (χ1v) is 6.02. The molecule has 0 spiro atoms. The molecule has 1 aliphatic carbocycles. The number of rotatable bonds is 2. The standard InChI is InChI=1S/C13H17N3/c1-2-6-11-10(4-1)5-3-7-12(11)16-13-8-14-9-15-13/h1-2,4,6,9,12-13,16H,3,5,7-8H2,(H,14,15). The van der Waals surface area contributed by atoms with Gasteiger partial charge in [-0.3, -0.25) is 10.3 Å². The van der Waals surface area contributed by atoms with Crippen molar-refractivity contribution in [2.45, 2.75) is 31.5 Å². The summed E-state index contributed by atoms with van der Waals surface area (Å²) in [6.07, 6.45) is 5.85. The van der Waals surface area contributed by atoms with E-state index in [1.807, 2.05) is 0 Å². The molecule has 0 saturated heterocycles. The first-order valence-electron chi connectivity index (χ1n) is 6.02. The third kappa shape index (κ3) is 1.83. The predicted octanol–water partition coefficient (Wildman–Crippen LogP) is 1.61. The van der Waals surface area contributed by atoms with Gasteiger partial charge in [0, 0.05) is 6.04 Å². The molecule has 0 amide bonds. The fourth-order valence-electron chi connectivity index (χ4n) is 2.62. The number of aliphatic imine (C=N–C) groups is 1. The van der Waals surface area contributed by atoms with Gasteiger partial charge in [-0.1, -0.05) is 24.3 Å². The second-order valence-electron chi connectivity index (χ2n) is 4.52. The molecule has 2 unspecified atom stereocenters. The first-order chi connectivity index (χ1) is 7.93. The molecule has 3 heteroatoms. The minimum atomic E-state index is 0.316. The zero-order chi connectivity index (χ0) is 10.8. The molecule has 0 radical (unpaired) electrons. The average molecular weight is 215 g/mol. The van der Waals surface area contributed by atoms with Crippen LogP contribution in [0, 0.1) is 0 Å². The maximum Gasteiger partial charge on any atom is 0.0981 e. The fourth-order valence-corrected chi connectivity index (χ4v) is 2.62. The van der Waals surface area contributed by atoms with Crippen molar-refractivity contribution < 1.29 is 0 Å². The van der Waals surface area contributed by atoms with Gasteiger partial charge in [-0.15, -0.1) is 0 Å². The van der Waals surface area contributed by atoms with Crippen LogP contribution in [0.1, 0.15) is 30.0 Å². The Morgan fingerprint density at radius 1 is 1.31 bits per heavy atom. The number of hydrogen-bond donors (Lipinski definition) is 2. The Labute approximate surface area is 96.0 Å². The van der Waals surface area contributed by atoms with Crippen LogP contribution < -0.4 is 10.6 Å². The Hall–Kier alpha value is -1.35. The molecular formula is C13H17N3. The van der Waals surface area contributed by atoms with Crippen molar-refractivity contribution in [1.82, 2.24) is 10.6 Å². The number of benzene rings is 1. The topological polar surface area (TPSA) is 36.4 Å². The lowest BCUT2D eigenvalue weighted by Gasteiger charge is -2.28. The molecule has 16 heavy (non-hydrogen) atoms. The molecule has 1 aromatic carbocycles. The summed E-state index contributed by atoms with van der Waals surface area (Å²) < 4.78 is 0. The summed E-state index contributed by atoms with van der Waals surface area (Å²) in [5.74, 6) is 0. The molecule has 3 nitrogen and oxygen atoms in total. The lowest BCUT2D eigenvalue weighted by Crippen LogP contribution is -2.43. The molecule has 0 fully saturated rings. The summed E-state index contributed by atoms with van der Waals surface area (Å²) in [4.78, 5) is 4.19. The van der Waals surface area contributed by atoms with Crippen LogP contribution in [0.25, 0.3) is 0 Å². The van der Waals surface area contributed by atoms with Gasteiger partial charge >= 0.3 is 0 Å². The first kappa shape index (κ1) is 9.85. The Kier molecular flexibility index (Phi) is 2.62. The van der Waals surface area contributed by atoms with Gasteiger partial charge in [-0.05, 0) is 30.4 Å². The highest BCUT2D eigenvalue weighted by Gasteiger charge is 2.22. The predicted molar refractivity (Wildman–Crippen MR) is 65.5 cm³/mol. The number of nitrogens with zero attached hydrogens (tertiary/aromatic N) is 1. The number of aryl methyl sites for hydroxylation is 1. The molecular weight excluding hydrogens is 198 g/mol. The summed E-state index contributed by atoms with van der Waals surface area (Å²) in [6, 6.07) is 9.27. The van der Waals surface area contributed by atoms with E-state index in [0.29, 0.717) is 12.2 Å². The fraction of sp³-hybridized carbons (Fsp3) is 0.462. The summed E-state index contributed by atoms with van der Waals surface area (Å²) in [7, 11) is 0. The highest BCUT2D eigenvalue weighted by atomic mass is 15.2. The number of fused-ring (bicyclic) bond motifs is 1. The van der Waals surface area contributed by atoms with Crippen LogP contribution in [0.15, 0.2) is 29.3 Å². The van der Waals surface area contributed by atoms with Crippen molar-refractivity contribution >= 4 is 6.34 Å². The van der Waals surface area contributed by atoms with Crippen molar-refractivity contribution in [1.29, 1.82) is 0 Å². The Balaban J connectivity index is 1.76. The summed E-state index contributed by atoms with van der Waals surface area (Å²) >= 11 is 0. The summed E-state index contributed by atoms with van der Waals surface area (Å²) in [6.45, 7) is 0.846. The molecule has 1 aromatic rings. The van der Waals surface area contributed by atoms with Crippen LogP contribution in [-0.4, -0.2) is 19.0 Å². The van der Waals surface area contributed by atoms with Crippen molar-refractivity contribution in [2.75, 3.05) is 6.54 Å². The number of nitrogens with one attached hydrogen (secondary N) is 2. The van der Waals surface area contributed by atoms with Crippen LogP contribution in [-0.2, 0) is 6.42 Å². The normalized spacial score (nSPS) is 27.5. The third-order valence-corrected chi connectivity index (χ3v) is 3.43. The maximum atomic E-state index is 4.19. The molecule has 2 N–H and O–H groups in total. The maximum absolute atomic E-state index is 4.19.